The zero-order valence-electron chi connectivity index (χ0n) is 13.2. The van der Waals surface area contributed by atoms with Crippen LogP contribution >= 0.6 is 0 Å². The van der Waals surface area contributed by atoms with Gasteiger partial charge in [0.1, 0.15) is 5.70 Å². The van der Waals surface area contributed by atoms with Gasteiger partial charge in [-0.25, -0.2) is 0 Å². The van der Waals surface area contributed by atoms with Crippen LogP contribution in [0.2, 0.25) is 0 Å². The summed E-state index contributed by atoms with van der Waals surface area (Å²) in [6.07, 6.45) is -3.12. The average molecular weight is 332 g/mol. The minimum absolute atomic E-state index is 0.354. The normalized spacial score (nSPS) is 16.4. The highest BCUT2D eigenvalue weighted by molar-refractivity contribution is 5.54. The Labute approximate surface area is 139 Å². The van der Waals surface area contributed by atoms with Crippen LogP contribution in [0.5, 0.6) is 0 Å². The van der Waals surface area contributed by atoms with Crippen LogP contribution < -0.4 is 4.90 Å². The van der Waals surface area contributed by atoms with Gasteiger partial charge in [-0.05, 0) is 23.8 Å². The van der Waals surface area contributed by atoms with Crippen molar-refractivity contribution in [2.75, 3.05) is 31.1 Å². The molecule has 0 bridgehead atoms. The fourth-order valence-electron chi connectivity index (χ4n) is 2.90. The lowest BCUT2D eigenvalue weighted by Crippen LogP contribution is -2.48. The Balaban J connectivity index is 1.75. The van der Waals surface area contributed by atoms with Crippen molar-refractivity contribution in [1.82, 2.24) is 4.90 Å². The van der Waals surface area contributed by atoms with E-state index < -0.39 is 11.9 Å². The van der Waals surface area contributed by atoms with Crippen molar-refractivity contribution < 1.29 is 13.2 Å². The van der Waals surface area contributed by atoms with Crippen molar-refractivity contribution in [3.05, 3.63) is 71.9 Å². The Hall–Kier alpha value is -2.43. The fourth-order valence-corrected chi connectivity index (χ4v) is 2.90. The van der Waals surface area contributed by atoms with Gasteiger partial charge in [-0.3, -0.25) is 0 Å². The summed E-state index contributed by atoms with van der Waals surface area (Å²) >= 11 is 0. The molecule has 0 atom stereocenters. The largest absolute Gasteiger partial charge is 0.431 e. The molecule has 0 unspecified atom stereocenters. The van der Waals surface area contributed by atoms with E-state index in [1.165, 1.54) is 11.0 Å². The van der Waals surface area contributed by atoms with Gasteiger partial charge in [0.05, 0.1) is 0 Å². The molecule has 5 heteroatoms. The second-order valence-corrected chi connectivity index (χ2v) is 5.75. The summed E-state index contributed by atoms with van der Waals surface area (Å²) in [4.78, 5) is 3.56. The SMILES string of the molecule is FC(F)(F)/C(=C/c1ccccc1)N1CCN(c2ccccc2)CC1. The highest BCUT2D eigenvalue weighted by atomic mass is 19.4. The van der Waals surface area contributed by atoms with Gasteiger partial charge >= 0.3 is 6.18 Å². The van der Waals surface area contributed by atoms with Gasteiger partial charge in [-0.15, -0.1) is 0 Å². The Bertz CT molecular complexity index is 673. The van der Waals surface area contributed by atoms with Gasteiger partial charge in [0.15, 0.2) is 0 Å². The van der Waals surface area contributed by atoms with Crippen LogP contribution in [0.25, 0.3) is 6.08 Å². The number of nitrogens with zero attached hydrogens (tertiary/aromatic N) is 2. The van der Waals surface area contributed by atoms with E-state index >= 15 is 0 Å². The maximum absolute atomic E-state index is 13.5. The second-order valence-electron chi connectivity index (χ2n) is 5.75. The lowest BCUT2D eigenvalue weighted by atomic mass is 10.1. The smallest absolute Gasteiger partial charge is 0.368 e. The first-order chi connectivity index (χ1) is 11.5. The molecule has 1 fully saturated rings. The number of anilines is 1. The molecule has 1 aliphatic heterocycles. The highest BCUT2D eigenvalue weighted by Crippen LogP contribution is 2.31. The maximum Gasteiger partial charge on any atom is 0.431 e. The zero-order chi connectivity index (χ0) is 17.0. The van der Waals surface area contributed by atoms with Gasteiger partial charge in [0.2, 0.25) is 0 Å². The summed E-state index contributed by atoms with van der Waals surface area (Å²) in [5, 5.41) is 0. The Morgan fingerprint density at radius 3 is 1.88 bits per heavy atom. The zero-order valence-corrected chi connectivity index (χ0v) is 13.2. The molecule has 0 radical (unpaired) electrons. The molecule has 0 aliphatic carbocycles. The second kappa shape index (κ2) is 6.99. The number of hydrogen-bond donors (Lipinski definition) is 0. The van der Waals surface area contributed by atoms with Gasteiger partial charge in [0, 0.05) is 31.9 Å². The molecular weight excluding hydrogens is 313 g/mol. The van der Waals surface area contributed by atoms with Crippen molar-refractivity contribution in [2.45, 2.75) is 6.18 Å². The van der Waals surface area contributed by atoms with Crippen molar-refractivity contribution in [2.24, 2.45) is 0 Å². The Morgan fingerprint density at radius 1 is 0.792 bits per heavy atom. The van der Waals surface area contributed by atoms with Crippen LogP contribution in [0.4, 0.5) is 18.9 Å². The fraction of sp³-hybridized carbons (Fsp3) is 0.263. The minimum atomic E-state index is -4.36. The van der Waals surface area contributed by atoms with Gasteiger partial charge in [-0.1, -0.05) is 48.5 Å². The molecule has 0 N–H and O–H groups in total. The summed E-state index contributed by atoms with van der Waals surface area (Å²) < 4.78 is 40.5. The topological polar surface area (TPSA) is 6.48 Å². The molecule has 0 saturated carbocycles. The van der Waals surface area contributed by atoms with Crippen LogP contribution in [0, 0.1) is 0 Å². The van der Waals surface area contributed by atoms with E-state index in [0.717, 1.165) is 5.69 Å². The van der Waals surface area contributed by atoms with E-state index in [1.807, 2.05) is 30.3 Å². The first-order valence-electron chi connectivity index (χ1n) is 7.93. The standard InChI is InChI=1S/C19H19F3N2/c20-19(21,22)18(15-16-7-3-1-4-8-16)24-13-11-23(12-14-24)17-9-5-2-6-10-17/h1-10,15H,11-14H2/b18-15-. The van der Waals surface area contributed by atoms with Crippen LogP contribution in [0.3, 0.4) is 0 Å². The lowest BCUT2D eigenvalue weighted by Gasteiger charge is -2.38. The summed E-state index contributed by atoms with van der Waals surface area (Å²) in [6, 6.07) is 18.4. The predicted molar refractivity (Wildman–Crippen MR) is 90.7 cm³/mol. The third-order valence-electron chi connectivity index (χ3n) is 4.14. The number of allylic oxidation sites excluding steroid dienone is 1. The summed E-state index contributed by atoms with van der Waals surface area (Å²) in [6.45, 7) is 1.86. The average Bonchev–Trinajstić information content (AvgIpc) is 2.61. The highest BCUT2D eigenvalue weighted by Gasteiger charge is 2.38. The molecule has 126 valence electrons. The third kappa shape index (κ3) is 3.91. The van der Waals surface area contributed by atoms with Crippen molar-refractivity contribution in [3.8, 4) is 0 Å². The molecule has 2 nitrogen and oxygen atoms in total. The van der Waals surface area contributed by atoms with Crippen LogP contribution in [0.15, 0.2) is 66.4 Å². The Morgan fingerprint density at radius 2 is 1.33 bits per heavy atom. The molecule has 0 amide bonds. The van der Waals surface area contributed by atoms with Gasteiger partial charge < -0.3 is 9.80 Å². The molecular formula is C19H19F3N2. The summed E-state index contributed by atoms with van der Waals surface area (Å²) in [7, 11) is 0. The third-order valence-corrected chi connectivity index (χ3v) is 4.14. The van der Waals surface area contributed by atoms with E-state index in [9.17, 15) is 13.2 Å². The van der Waals surface area contributed by atoms with Crippen LogP contribution in [-0.4, -0.2) is 37.3 Å². The summed E-state index contributed by atoms with van der Waals surface area (Å²) in [5.74, 6) is 0. The number of hydrogen-bond acceptors (Lipinski definition) is 2. The minimum Gasteiger partial charge on any atom is -0.368 e. The van der Waals surface area contributed by atoms with Crippen molar-refractivity contribution >= 4 is 11.8 Å². The van der Waals surface area contributed by atoms with E-state index in [1.54, 1.807) is 30.3 Å². The van der Waals surface area contributed by atoms with Gasteiger partial charge in [-0.2, -0.15) is 13.2 Å². The Kier molecular flexibility index (Phi) is 4.79. The molecule has 1 saturated heterocycles. The first kappa shape index (κ1) is 16.4. The van der Waals surface area contributed by atoms with E-state index in [2.05, 4.69) is 4.90 Å². The van der Waals surface area contributed by atoms with Crippen molar-refractivity contribution in [1.29, 1.82) is 0 Å². The number of halogens is 3. The maximum atomic E-state index is 13.5. The molecule has 0 aromatic heterocycles. The molecule has 3 rings (SSSR count). The number of benzene rings is 2. The molecule has 0 spiro atoms. The number of rotatable bonds is 3. The first-order valence-corrected chi connectivity index (χ1v) is 7.93. The van der Waals surface area contributed by atoms with E-state index in [0.29, 0.717) is 31.7 Å². The molecule has 1 aliphatic rings. The molecule has 2 aromatic carbocycles. The molecule has 2 aromatic rings. The predicted octanol–water partition coefficient (Wildman–Crippen LogP) is 4.41. The molecule has 24 heavy (non-hydrogen) atoms. The number of para-hydroxylation sites is 1. The van der Waals surface area contributed by atoms with Crippen LogP contribution in [0.1, 0.15) is 5.56 Å². The monoisotopic (exact) mass is 332 g/mol. The van der Waals surface area contributed by atoms with E-state index in [4.69, 9.17) is 0 Å². The summed E-state index contributed by atoms with van der Waals surface area (Å²) in [5.41, 5.74) is 1.05. The van der Waals surface area contributed by atoms with Crippen molar-refractivity contribution in [3.63, 3.8) is 0 Å². The van der Waals surface area contributed by atoms with Gasteiger partial charge in [0.25, 0.3) is 0 Å². The number of alkyl halides is 3. The van der Waals surface area contributed by atoms with Crippen LogP contribution in [-0.2, 0) is 0 Å². The van der Waals surface area contributed by atoms with E-state index in [-0.39, 0.29) is 0 Å². The lowest BCUT2D eigenvalue weighted by molar-refractivity contribution is -0.110. The quantitative estimate of drug-likeness (QED) is 0.821. The number of piperazine rings is 1. The molecule has 1 heterocycles.